The van der Waals surface area contributed by atoms with E-state index in [0.29, 0.717) is 11.3 Å². The van der Waals surface area contributed by atoms with E-state index in [2.05, 4.69) is 9.97 Å². The number of hydrogen-bond acceptors (Lipinski definition) is 3. The van der Waals surface area contributed by atoms with E-state index in [1.807, 2.05) is 6.92 Å². The summed E-state index contributed by atoms with van der Waals surface area (Å²) in [5.74, 6) is 0. The van der Waals surface area contributed by atoms with Crippen LogP contribution in [0.25, 0.3) is 5.65 Å². The van der Waals surface area contributed by atoms with Crippen LogP contribution in [-0.2, 0) is 0 Å². The Labute approximate surface area is 68.9 Å². The number of aldehydes is 1. The van der Waals surface area contributed by atoms with Gasteiger partial charge in [-0.05, 0) is 6.92 Å². The lowest BCUT2D eigenvalue weighted by molar-refractivity contribution is 0.111. The van der Waals surface area contributed by atoms with Crippen LogP contribution in [0.15, 0.2) is 18.6 Å². The zero-order chi connectivity index (χ0) is 8.55. The van der Waals surface area contributed by atoms with Crippen molar-refractivity contribution in [3.05, 3.63) is 30.0 Å². The van der Waals surface area contributed by atoms with Crippen LogP contribution in [0.1, 0.15) is 16.2 Å². The third kappa shape index (κ3) is 0.887. The zero-order valence-electron chi connectivity index (χ0n) is 6.56. The third-order valence-corrected chi connectivity index (χ3v) is 1.67. The lowest BCUT2D eigenvalue weighted by Gasteiger charge is -1.95. The van der Waals surface area contributed by atoms with Crippen molar-refractivity contribution in [2.45, 2.75) is 6.92 Å². The minimum atomic E-state index is 0.551. The van der Waals surface area contributed by atoms with E-state index in [4.69, 9.17) is 0 Å². The van der Waals surface area contributed by atoms with E-state index in [1.54, 1.807) is 16.8 Å². The van der Waals surface area contributed by atoms with E-state index < -0.39 is 0 Å². The molecule has 0 saturated heterocycles. The van der Waals surface area contributed by atoms with Crippen molar-refractivity contribution >= 4 is 11.9 Å². The van der Waals surface area contributed by atoms with Crippen LogP contribution in [0.2, 0.25) is 0 Å². The van der Waals surface area contributed by atoms with Gasteiger partial charge in [0.2, 0.25) is 0 Å². The predicted octanol–water partition coefficient (Wildman–Crippen LogP) is 0.850. The number of carbonyl (C=O) groups excluding carboxylic acids is 1. The molecule has 0 aliphatic heterocycles. The summed E-state index contributed by atoms with van der Waals surface area (Å²) in [4.78, 5) is 18.6. The molecule has 2 aromatic heterocycles. The molecule has 0 atom stereocenters. The van der Waals surface area contributed by atoms with Crippen molar-refractivity contribution < 1.29 is 4.79 Å². The Kier molecular flexibility index (Phi) is 1.40. The molecule has 0 aliphatic rings. The molecule has 12 heavy (non-hydrogen) atoms. The number of aromatic nitrogens is 3. The van der Waals surface area contributed by atoms with Crippen molar-refractivity contribution in [1.82, 2.24) is 14.4 Å². The van der Waals surface area contributed by atoms with Gasteiger partial charge >= 0.3 is 0 Å². The third-order valence-electron chi connectivity index (χ3n) is 1.67. The van der Waals surface area contributed by atoms with Gasteiger partial charge in [0.05, 0.1) is 18.1 Å². The minimum Gasteiger partial charge on any atom is -0.296 e. The average Bonchev–Trinajstić information content (AvgIpc) is 2.46. The molecule has 2 rings (SSSR count). The van der Waals surface area contributed by atoms with Crippen molar-refractivity contribution in [3.8, 4) is 0 Å². The second-order valence-electron chi connectivity index (χ2n) is 2.56. The van der Waals surface area contributed by atoms with Crippen molar-refractivity contribution in [3.63, 3.8) is 0 Å². The molecular weight excluding hydrogens is 154 g/mol. The van der Waals surface area contributed by atoms with E-state index in [-0.39, 0.29) is 0 Å². The van der Waals surface area contributed by atoms with Gasteiger partial charge in [0.25, 0.3) is 0 Å². The van der Waals surface area contributed by atoms with Gasteiger partial charge < -0.3 is 0 Å². The van der Waals surface area contributed by atoms with Gasteiger partial charge in [-0.25, -0.2) is 4.98 Å². The monoisotopic (exact) mass is 161 g/mol. The number of nitrogens with zero attached hydrogens (tertiary/aromatic N) is 3. The van der Waals surface area contributed by atoms with Crippen LogP contribution in [0.3, 0.4) is 0 Å². The molecule has 0 aliphatic carbocycles. The highest BCUT2D eigenvalue weighted by molar-refractivity contribution is 5.73. The Hall–Kier alpha value is -1.71. The first-order valence-electron chi connectivity index (χ1n) is 3.56. The molecule has 0 fully saturated rings. The summed E-state index contributed by atoms with van der Waals surface area (Å²) in [5.41, 5.74) is 2.11. The van der Waals surface area contributed by atoms with Crippen molar-refractivity contribution in [2.75, 3.05) is 0 Å². The standard InChI is InChI=1S/C8H7N3O/c1-6-4-11-7(5-12)2-10-8(11)3-9-6/h2-5H,1H3. The number of imidazole rings is 1. The van der Waals surface area contributed by atoms with Gasteiger partial charge in [0.1, 0.15) is 5.69 Å². The molecule has 2 heterocycles. The Morgan fingerprint density at radius 1 is 1.42 bits per heavy atom. The first kappa shape index (κ1) is 6.97. The van der Waals surface area contributed by atoms with Gasteiger partial charge in [-0.2, -0.15) is 0 Å². The largest absolute Gasteiger partial charge is 0.296 e. The predicted molar refractivity (Wildman–Crippen MR) is 43.1 cm³/mol. The van der Waals surface area contributed by atoms with E-state index in [9.17, 15) is 4.79 Å². The molecule has 2 aromatic rings. The Morgan fingerprint density at radius 2 is 2.25 bits per heavy atom. The highest BCUT2D eigenvalue weighted by Crippen LogP contribution is 2.03. The second kappa shape index (κ2) is 2.41. The van der Waals surface area contributed by atoms with Crippen molar-refractivity contribution in [1.29, 1.82) is 0 Å². The lowest BCUT2D eigenvalue weighted by atomic mass is 10.5. The molecule has 0 N–H and O–H groups in total. The van der Waals surface area contributed by atoms with Crippen LogP contribution in [0.5, 0.6) is 0 Å². The van der Waals surface area contributed by atoms with Gasteiger partial charge in [-0.1, -0.05) is 0 Å². The smallest absolute Gasteiger partial charge is 0.168 e. The SMILES string of the molecule is Cc1cn2c(C=O)cnc2cn1. The molecular formula is C8H7N3O. The summed E-state index contributed by atoms with van der Waals surface area (Å²) in [6, 6.07) is 0. The summed E-state index contributed by atoms with van der Waals surface area (Å²) in [6.45, 7) is 1.87. The van der Waals surface area contributed by atoms with Gasteiger partial charge in [-0.3, -0.25) is 14.2 Å². The Morgan fingerprint density at radius 3 is 3.00 bits per heavy atom. The highest BCUT2D eigenvalue weighted by Gasteiger charge is 2.00. The van der Waals surface area contributed by atoms with Gasteiger partial charge in [0, 0.05) is 6.20 Å². The molecule has 0 unspecified atom stereocenters. The van der Waals surface area contributed by atoms with E-state index >= 15 is 0 Å². The van der Waals surface area contributed by atoms with Gasteiger partial charge in [0.15, 0.2) is 11.9 Å². The molecule has 0 aromatic carbocycles. The Bertz CT molecular complexity index is 433. The quantitative estimate of drug-likeness (QED) is 0.582. The fraction of sp³-hybridized carbons (Fsp3) is 0.125. The van der Waals surface area contributed by atoms with Crippen LogP contribution < -0.4 is 0 Å². The molecule has 0 radical (unpaired) electrons. The zero-order valence-corrected chi connectivity index (χ0v) is 6.56. The fourth-order valence-corrected chi connectivity index (χ4v) is 1.09. The Balaban J connectivity index is 2.83. The molecule has 4 nitrogen and oxygen atoms in total. The number of rotatable bonds is 1. The van der Waals surface area contributed by atoms with Crippen LogP contribution >= 0.6 is 0 Å². The summed E-state index contributed by atoms with van der Waals surface area (Å²) in [7, 11) is 0. The van der Waals surface area contributed by atoms with E-state index in [0.717, 1.165) is 12.0 Å². The summed E-state index contributed by atoms with van der Waals surface area (Å²) in [6.07, 6.45) is 5.73. The minimum absolute atomic E-state index is 0.551. The second-order valence-corrected chi connectivity index (χ2v) is 2.56. The summed E-state index contributed by atoms with van der Waals surface area (Å²) in [5, 5.41) is 0. The maximum Gasteiger partial charge on any atom is 0.168 e. The average molecular weight is 161 g/mol. The number of carbonyl (C=O) groups is 1. The fourth-order valence-electron chi connectivity index (χ4n) is 1.09. The first-order chi connectivity index (χ1) is 5.81. The number of aryl methyl sites for hydroxylation is 1. The normalized spacial score (nSPS) is 10.4. The topological polar surface area (TPSA) is 47.3 Å². The van der Waals surface area contributed by atoms with Crippen LogP contribution in [0.4, 0.5) is 0 Å². The van der Waals surface area contributed by atoms with Crippen LogP contribution in [-0.4, -0.2) is 20.7 Å². The highest BCUT2D eigenvalue weighted by atomic mass is 16.1. The molecule has 0 amide bonds. The number of hydrogen-bond donors (Lipinski definition) is 0. The van der Waals surface area contributed by atoms with Crippen molar-refractivity contribution in [2.24, 2.45) is 0 Å². The molecule has 0 saturated carbocycles. The summed E-state index contributed by atoms with van der Waals surface area (Å²) < 4.78 is 1.72. The maximum absolute atomic E-state index is 10.5. The first-order valence-corrected chi connectivity index (χ1v) is 3.56. The molecule has 4 heteroatoms. The summed E-state index contributed by atoms with van der Waals surface area (Å²) >= 11 is 0. The van der Waals surface area contributed by atoms with Crippen LogP contribution in [0, 0.1) is 6.92 Å². The number of fused-ring (bicyclic) bond motifs is 1. The van der Waals surface area contributed by atoms with Gasteiger partial charge in [-0.15, -0.1) is 0 Å². The van der Waals surface area contributed by atoms with E-state index in [1.165, 1.54) is 6.20 Å². The maximum atomic E-state index is 10.5. The molecule has 0 spiro atoms. The molecule has 60 valence electrons. The molecule has 0 bridgehead atoms. The lowest BCUT2D eigenvalue weighted by Crippen LogP contribution is -1.93.